The second-order valence-corrected chi connectivity index (χ2v) is 3.17. The predicted octanol–water partition coefficient (Wildman–Crippen LogP) is 2.05. The first-order valence-corrected chi connectivity index (χ1v) is 4.10. The van der Waals surface area contributed by atoms with E-state index in [4.69, 9.17) is 5.11 Å². The van der Waals surface area contributed by atoms with Crippen LogP contribution >= 0.6 is 12.6 Å². The Balaban J connectivity index is 2.95. The first-order chi connectivity index (χ1) is 5.61. The number of benzene rings is 1. The van der Waals surface area contributed by atoms with Crippen LogP contribution in [0.1, 0.15) is 16.4 Å². The third kappa shape index (κ3) is 2.01. The van der Waals surface area contributed by atoms with E-state index in [2.05, 4.69) is 12.6 Å². The van der Waals surface area contributed by atoms with Crippen molar-refractivity contribution in [2.45, 2.75) is 12.2 Å². The van der Waals surface area contributed by atoms with Crippen molar-refractivity contribution in [2.75, 3.05) is 0 Å². The van der Waals surface area contributed by atoms with Gasteiger partial charge in [0, 0.05) is 0 Å². The van der Waals surface area contributed by atoms with Gasteiger partial charge >= 0.3 is 5.97 Å². The van der Waals surface area contributed by atoms with Crippen LogP contribution in [0, 0.1) is 6.92 Å². The van der Waals surface area contributed by atoms with E-state index in [-0.39, 0.29) is 0 Å². The lowest BCUT2D eigenvalue weighted by molar-refractivity contribution is -0.136. The Morgan fingerprint density at radius 3 is 2.75 bits per heavy atom. The van der Waals surface area contributed by atoms with Gasteiger partial charge in [0.15, 0.2) is 0 Å². The predicted molar refractivity (Wildman–Crippen MR) is 50.5 cm³/mol. The molecule has 1 atom stereocenters. The maximum Gasteiger partial charge on any atom is 0.320 e. The van der Waals surface area contributed by atoms with Gasteiger partial charge in [-0.2, -0.15) is 12.6 Å². The van der Waals surface area contributed by atoms with Crippen molar-refractivity contribution in [3.63, 3.8) is 0 Å². The lowest BCUT2D eigenvalue weighted by atomic mass is 10.1. The van der Waals surface area contributed by atoms with Gasteiger partial charge in [-0.15, -0.1) is 0 Å². The van der Waals surface area contributed by atoms with Gasteiger partial charge in [-0.3, -0.25) is 4.79 Å². The largest absolute Gasteiger partial charge is 0.480 e. The van der Waals surface area contributed by atoms with Crippen LogP contribution < -0.4 is 0 Å². The number of carbonyl (C=O) groups is 1. The van der Waals surface area contributed by atoms with E-state index >= 15 is 0 Å². The third-order valence-electron chi connectivity index (χ3n) is 1.59. The monoisotopic (exact) mass is 182 g/mol. The third-order valence-corrected chi connectivity index (χ3v) is 2.11. The maximum absolute atomic E-state index is 10.5. The zero-order chi connectivity index (χ0) is 9.14. The summed E-state index contributed by atoms with van der Waals surface area (Å²) in [5.74, 6) is -0.913. The van der Waals surface area contributed by atoms with E-state index in [9.17, 15) is 4.79 Å². The number of rotatable bonds is 2. The van der Waals surface area contributed by atoms with Gasteiger partial charge in [0.25, 0.3) is 0 Å². The summed E-state index contributed by atoms with van der Waals surface area (Å²) in [6, 6.07) is 7.34. The van der Waals surface area contributed by atoms with Gasteiger partial charge in [-0.25, -0.2) is 0 Å². The molecule has 0 aliphatic carbocycles. The van der Waals surface area contributed by atoms with Crippen molar-refractivity contribution in [1.29, 1.82) is 0 Å². The number of hydrogen-bond donors (Lipinski definition) is 2. The lowest BCUT2D eigenvalue weighted by Gasteiger charge is -2.05. The normalized spacial score (nSPS) is 12.5. The highest BCUT2D eigenvalue weighted by molar-refractivity contribution is 7.81. The van der Waals surface area contributed by atoms with Crippen molar-refractivity contribution in [2.24, 2.45) is 0 Å². The first-order valence-electron chi connectivity index (χ1n) is 3.58. The van der Waals surface area contributed by atoms with Gasteiger partial charge < -0.3 is 5.11 Å². The van der Waals surface area contributed by atoms with E-state index < -0.39 is 11.2 Å². The van der Waals surface area contributed by atoms with Crippen molar-refractivity contribution < 1.29 is 9.90 Å². The minimum atomic E-state index is -0.913. The molecule has 0 fully saturated rings. The highest BCUT2D eigenvalue weighted by Gasteiger charge is 2.13. The van der Waals surface area contributed by atoms with E-state index in [1.807, 2.05) is 25.1 Å². The Morgan fingerprint density at radius 1 is 1.58 bits per heavy atom. The zero-order valence-electron chi connectivity index (χ0n) is 6.69. The summed E-state index contributed by atoms with van der Waals surface area (Å²) in [6.45, 7) is 1.92. The molecule has 0 aliphatic rings. The quantitative estimate of drug-likeness (QED) is 0.687. The van der Waals surface area contributed by atoms with Crippen LogP contribution in [0.15, 0.2) is 24.3 Å². The average Bonchev–Trinajstić information content (AvgIpc) is 2.03. The van der Waals surface area contributed by atoms with E-state index in [1.54, 1.807) is 6.07 Å². The Bertz CT molecular complexity index is 296. The summed E-state index contributed by atoms with van der Waals surface area (Å²) in [4.78, 5) is 10.5. The van der Waals surface area contributed by atoms with Gasteiger partial charge in [0.05, 0.1) is 0 Å². The van der Waals surface area contributed by atoms with Gasteiger partial charge in [0.1, 0.15) is 5.25 Å². The topological polar surface area (TPSA) is 37.3 Å². The van der Waals surface area contributed by atoms with E-state index in [0.717, 1.165) is 11.1 Å². The molecule has 0 amide bonds. The Morgan fingerprint density at radius 2 is 2.25 bits per heavy atom. The summed E-state index contributed by atoms with van der Waals surface area (Å²) >= 11 is 3.96. The van der Waals surface area contributed by atoms with Crippen LogP contribution in [0.5, 0.6) is 0 Å². The molecular weight excluding hydrogens is 172 g/mol. The van der Waals surface area contributed by atoms with Crippen LogP contribution in [-0.4, -0.2) is 11.1 Å². The average molecular weight is 182 g/mol. The van der Waals surface area contributed by atoms with Crippen LogP contribution in [-0.2, 0) is 4.79 Å². The number of aryl methyl sites for hydroxylation is 1. The summed E-state index contributed by atoms with van der Waals surface area (Å²) in [5.41, 5.74) is 1.78. The van der Waals surface area contributed by atoms with E-state index in [1.165, 1.54) is 0 Å². The van der Waals surface area contributed by atoms with Crippen LogP contribution in [0.3, 0.4) is 0 Å². The minimum Gasteiger partial charge on any atom is -0.480 e. The molecule has 1 N–H and O–H groups in total. The summed E-state index contributed by atoms with van der Waals surface area (Å²) < 4.78 is 0. The molecule has 0 radical (unpaired) electrons. The first kappa shape index (κ1) is 9.13. The van der Waals surface area contributed by atoms with Crippen molar-refractivity contribution in [3.05, 3.63) is 35.4 Å². The fraction of sp³-hybridized carbons (Fsp3) is 0.222. The molecule has 12 heavy (non-hydrogen) atoms. The maximum atomic E-state index is 10.5. The zero-order valence-corrected chi connectivity index (χ0v) is 7.58. The van der Waals surface area contributed by atoms with Crippen LogP contribution in [0.2, 0.25) is 0 Å². The molecule has 0 aromatic heterocycles. The summed E-state index contributed by atoms with van der Waals surface area (Å²) in [5, 5.41) is 7.93. The van der Waals surface area contributed by atoms with Crippen LogP contribution in [0.25, 0.3) is 0 Å². The Kier molecular flexibility index (Phi) is 2.76. The molecule has 64 valence electrons. The number of hydrogen-bond acceptors (Lipinski definition) is 2. The number of carboxylic acids is 1. The van der Waals surface area contributed by atoms with Crippen molar-refractivity contribution in [3.8, 4) is 0 Å². The standard InChI is InChI=1S/C9H10O2S/c1-6-3-2-4-7(5-6)8(12)9(10)11/h2-5,8,12H,1H3,(H,10,11). The fourth-order valence-corrected chi connectivity index (χ4v) is 1.14. The second-order valence-electron chi connectivity index (χ2n) is 2.65. The summed E-state index contributed by atoms with van der Waals surface area (Å²) in [6.07, 6.45) is 0. The van der Waals surface area contributed by atoms with Crippen molar-refractivity contribution >= 4 is 18.6 Å². The molecule has 1 unspecified atom stereocenters. The minimum absolute atomic E-state index is 0.718. The number of carboxylic acid groups (broad SMARTS) is 1. The van der Waals surface area contributed by atoms with Gasteiger partial charge in [-0.05, 0) is 12.5 Å². The smallest absolute Gasteiger partial charge is 0.320 e. The number of thiol groups is 1. The SMILES string of the molecule is Cc1cccc(C(S)C(=O)O)c1. The Labute approximate surface area is 76.6 Å². The summed E-state index contributed by atoms with van der Waals surface area (Å²) in [7, 11) is 0. The second kappa shape index (κ2) is 3.63. The van der Waals surface area contributed by atoms with Gasteiger partial charge in [0.2, 0.25) is 0 Å². The molecule has 0 saturated heterocycles. The molecule has 1 aromatic rings. The molecule has 1 rings (SSSR count). The molecule has 0 spiro atoms. The fourth-order valence-electron chi connectivity index (χ4n) is 0.983. The number of aliphatic carboxylic acids is 1. The highest BCUT2D eigenvalue weighted by Crippen LogP contribution is 2.20. The lowest BCUT2D eigenvalue weighted by Crippen LogP contribution is -2.04. The van der Waals surface area contributed by atoms with Crippen LogP contribution in [0.4, 0.5) is 0 Å². The highest BCUT2D eigenvalue weighted by atomic mass is 32.1. The molecule has 0 aliphatic heterocycles. The molecule has 0 saturated carbocycles. The van der Waals surface area contributed by atoms with Gasteiger partial charge in [-0.1, -0.05) is 29.8 Å². The Hall–Kier alpha value is -0.960. The molecule has 3 heteroatoms. The molecule has 1 aromatic carbocycles. The molecule has 2 nitrogen and oxygen atoms in total. The molecule has 0 bridgehead atoms. The van der Waals surface area contributed by atoms with E-state index in [0.29, 0.717) is 0 Å². The van der Waals surface area contributed by atoms with Crippen molar-refractivity contribution in [1.82, 2.24) is 0 Å². The molecular formula is C9H10O2S. The molecule has 0 heterocycles.